The Balaban J connectivity index is 2.15. The van der Waals surface area contributed by atoms with E-state index in [-0.39, 0.29) is 6.42 Å². The molecule has 0 aliphatic carbocycles. The molecule has 0 atom stereocenters. The number of ether oxygens (including phenoxy) is 1. The van der Waals surface area contributed by atoms with Gasteiger partial charge in [-0.15, -0.1) is 5.10 Å². The Hall–Kier alpha value is -2.37. The van der Waals surface area contributed by atoms with Gasteiger partial charge in [0.1, 0.15) is 5.75 Å². The van der Waals surface area contributed by atoms with Gasteiger partial charge in [-0.3, -0.25) is 4.79 Å². The summed E-state index contributed by atoms with van der Waals surface area (Å²) in [5.41, 5.74) is 1.78. The van der Waals surface area contributed by atoms with Crippen LogP contribution >= 0.6 is 0 Å². The number of aromatic nitrogens is 3. The Labute approximate surface area is 110 Å². The number of hydrogen-bond donors (Lipinski definition) is 1. The second-order valence-corrected chi connectivity index (χ2v) is 4.09. The highest BCUT2D eigenvalue weighted by molar-refractivity contribution is 5.66. The van der Waals surface area contributed by atoms with Crippen molar-refractivity contribution in [2.45, 2.75) is 19.4 Å². The lowest BCUT2D eigenvalue weighted by atomic mass is 10.2. The molecule has 0 amide bonds. The number of benzene rings is 1. The van der Waals surface area contributed by atoms with E-state index in [1.54, 1.807) is 18.0 Å². The van der Waals surface area contributed by atoms with Crippen molar-refractivity contribution in [3.05, 3.63) is 41.7 Å². The summed E-state index contributed by atoms with van der Waals surface area (Å²) in [5.74, 6) is -0.0489. The Morgan fingerprint density at radius 3 is 2.95 bits per heavy atom. The topological polar surface area (TPSA) is 77.2 Å². The number of aliphatic carboxylic acids is 1. The number of nitrogens with zero attached hydrogens (tertiary/aromatic N) is 3. The van der Waals surface area contributed by atoms with Crippen LogP contribution in [0, 0.1) is 0 Å². The van der Waals surface area contributed by atoms with Crippen molar-refractivity contribution < 1.29 is 14.6 Å². The zero-order valence-corrected chi connectivity index (χ0v) is 10.6. The number of carboxylic acids is 1. The summed E-state index contributed by atoms with van der Waals surface area (Å²) in [7, 11) is 1.62. The standard InChI is InChI=1S/C13H15N3O3/c1-19-12-5-3-2-4-10(12)9-16-11(8-14-15-16)6-7-13(17)18/h2-5,8H,6-7,9H2,1H3,(H,17,18). The molecule has 2 rings (SSSR count). The minimum Gasteiger partial charge on any atom is -0.496 e. The van der Waals surface area contributed by atoms with Crippen molar-refractivity contribution in [1.29, 1.82) is 0 Å². The van der Waals surface area contributed by atoms with Crippen LogP contribution in [-0.2, 0) is 17.8 Å². The first-order valence-corrected chi connectivity index (χ1v) is 5.91. The molecule has 0 radical (unpaired) electrons. The van der Waals surface area contributed by atoms with Gasteiger partial charge in [-0.2, -0.15) is 0 Å². The molecule has 0 aliphatic rings. The van der Waals surface area contributed by atoms with E-state index >= 15 is 0 Å². The summed E-state index contributed by atoms with van der Waals surface area (Å²) < 4.78 is 6.97. The molecule has 2 aromatic rings. The Morgan fingerprint density at radius 2 is 2.21 bits per heavy atom. The molecule has 0 spiro atoms. The van der Waals surface area contributed by atoms with Crippen molar-refractivity contribution in [1.82, 2.24) is 15.0 Å². The van der Waals surface area contributed by atoms with Gasteiger partial charge in [0.25, 0.3) is 0 Å². The molecule has 1 aromatic heterocycles. The lowest BCUT2D eigenvalue weighted by Crippen LogP contribution is -2.09. The summed E-state index contributed by atoms with van der Waals surface area (Å²) in [6.45, 7) is 0.513. The van der Waals surface area contributed by atoms with Crippen LogP contribution in [0.3, 0.4) is 0 Å². The number of para-hydroxylation sites is 1. The van der Waals surface area contributed by atoms with Crippen molar-refractivity contribution in [3.63, 3.8) is 0 Å². The van der Waals surface area contributed by atoms with E-state index in [1.807, 2.05) is 24.3 Å². The number of rotatable bonds is 6. The third-order valence-electron chi connectivity index (χ3n) is 2.81. The molecule has 19 heavy (non-hydrogen) atoms. The molecule has 6 heteroatoms. The van der Waals surface area contributed by atoms with E-state index in [0.29, 0.717) is 13.0 Å². The zero-order valence-electron chi connectivity index (χ0n) is 10.6. The molecule has 0 fully saturated rings. The number of carboxylic acid groups (broad SMARTS) is 1. The third kappa shape index (κ3) is 3.31. The highest BCUT2D eigenvalue weighted by atomic mass is 16.5. The fourth-order valence-electron chi connectivity index (χ4n) is 1.84. The first-order chi connectivity index (χ1) is 9.20. The largest absolute Gasteiger partial charge is 0.496 e. The molecule has 0 saturated carbocycles. The van der Waals surface area contributed by atoms with Crippen LogP contribution in [0.1, 0.15) is 17.7 Å². The van der Waals surface area contributed by atoms with E-state index in [2.05, 4.69) is 10.3 Å². The van der Waals surface area contributed by atoms with Gasteiger partial charge >= 0.3 is 5.97 Å². The molecule has 1 N–H and O–H groups in total. The Bertz CT molecular complexity index is 566. The maximum atomic E-state index is 10.6. The molecule has 100 valence electrons. The normalized spacial score (nSPS) is 10.4. The summed E-state index contributed by atoms with van der Waals surface area (Å²) in [5, 5.41) is 16.5. The SMILES string of the molecule is COc1ccccc1Cn1nncc1CCC(=O)O. The summed E-state index contributed by atoms with van der Waals surface area (Å²) >= 11 is 0. The molecule has 1 heterocycles. The molecule has 0 saturated heterocycles. The summed E-state index contributed by atoms with van der Waals surface area (Å²) in [4.78, 5) is 10.6. The van der Waals surface area contributed by atoms with Gasteiger partial charge in [-0.25, -0.2) is 4.68 Å². The maximum absolute atomic E-state index is 10.6. The molecule has 1 aromatic carbocycles. The third-order valence-corrected chi connectivity index (χ3v) is 2.81. The van der Waals surface area contributed by atoms with Crippen LogP contribution in [0.15, 0.2) is 30.5 Å². The minimum absolute atomic E-state index is 0.0687. The lowest BCUT2D eigenvalue weighted by Gasteiger charge is -2.09. The first kappa shape index (κ1) is 13.1. The highest BCUT2D eigenvalue weighted by Gasteiger charge is 2.09. The quantitative estimate of drug-likeness (QED) is 0.849. The van der Waals surface area contributed by atoms with Gasteiger partial charge < -0.3 is 9.84 Å². The second kappa shape index (κ2) is 5.99. The van der Waals surface area contributed by atoms with Gasteiger partial charge in [-0.1, -0.05) is 23.4 Å². The van der Waals surface area contributed by atoms with Crippen LogP contribution < -0.4 is 4.74 Å². The van der Waals surface area contributed by atoms with Crippen LogP contribution in [0.5, 0.6) is 5.75 Å². The average molecular weight is 261 g/mol. The van der Waals surface area contributed by atoms with Gasteiger partial charge in [0, 0.05) is 12.0 Å². The number of methoxy groups -OCH3 is 1. The average Bonchev–Trinajstić information content (AvgIpc) is 2.84. The fraction of sp³-hybridized carbons (Fsp3) is 0.308. The van der Waals surface area contributed by atoms with Crippen molar-refractivity contribution in [2.24, 2.45) is 0 Å². The van der Waals surface area contributed by atoms with Crippen LogP contribution in [0.4, 0.5) is 0 Å². The second-order valence-electron chi connectivity index (χ2n) is 4.09. The smallest absolute Gasteiger partial charge is 0.303 e. The van der Waals surface area contributed by atoms with E-state index in [1.165, 1.54) is 0 Å². The lowest BCUT2D eigenvalue weighted by molar-refractivity contribution is -0.136. The molecular formula is C13H15N3O3. The van der Waals surface area contributed by atoms with Crippen LogP contribution in [0.2, 0.25) is 0 Å². The summed E-state index contributed by atoms with van der Waals surface area (Å²) in [6.07, 6.45) is 2.08. The highest BCUT2D eigenvalue weighted by Crippen LogP contribution is 2.18. The Kier molecular flexibility index (Phi) is 4.12. The monoisotopic (exact) mass is 261 g/mol. The van der Waals surface area contributed by atoms with Gasteiger partial charge in [0.2, 0.25) is 0 Å². The fourth-order valence-corrected chi connectivity index (χ4v) is 1.84. The van der Waals surface area contributed by atoms with E-state index < -0.39 is 5.97 Å². The predicted octanol–water partition coefficient (Wildman–Crippen LogP) is 1.35. The molecular weight excluding hydrogens is 246 g/mol. The van der Waals surface area contributed by atoms with Crippen LogP contribution in [0.25, 0.3) is 0 Å². The van der Waals surface area contributed by atoms with Gasteiger partial charge in [-0.05, 0) is 6.07 Å². The molecule has 0 bridgehead atoms. The molecule has 0 unspecified atom stereocenters. The van der Waals surface area contributed by atoms with Crippen LogP contribution in [-0.4, -0.2) is 33.2 Å². The Morgan fingerprint density at radius 1 is 1.42 bits per heavy atom. The number of carbonyl (C=O) groups is 1. The number of aryl methyl sites for hydroxylation is 1. The van der Waals surface area contributed by atoms with Crippen molar-refractivity contribution in [3.8, 4) is 5.75 Å². The first-order valence-electron chi connectivity index (χ1n) is 5.91. The molecule has 6 nitrogen and oxygen atoms in total. The summed E-state index contributed by atoms with van der Waals surface area (Å²) in [6, 6.07) is 7.64. The molecule has 0 aliphatic heterocycles. The predicted molar refractivity (Wildman–Crippen MR) is 68.1 cm³/mol. The van der Waals surface area contributed by atoms with Crippen molar-refractivity contribution >= 4 is 5.97 Å². The zero-order chi connectivity index (χ0) is 13.7. The van der Waals surface area contributed by atoms with Gasteiger partial charge in [0.05, 0.1) is 32.0 Å². The van der Waals surface area contributed by atoms with Gasteiger partial charge in [0.15, 0.2) is 0 Å². The van der Waals surface area contributed by atoms with E-state index in [9.17, 15) is 4.79 Å². The number of hydrogen-bond acceptors (Lipinski definition) is 4. The van der Waals surface area contributed by atoms with E-state index in [0.717, 1.165) is 17.0 Å². The maximum Gasteiger partial charge on any atom is 0.303 e. The van der Waals surface area contributed by atoms with E-state index in [4.69, 9.17) is 9.84 Å². The van der Waals surface area contributed by atoms with Crippen molar-refractivity contribution in [2.75, 3.05) is 7.11 Å². The minimum atomic E-state index is -0.829.